The number of aryl methyl sites for hydroxylation is 2. The summed E-state index contributed by atoms with van der Waals surface area (Å²) in [7, 11) is -3.58. The van der Waals surface area contributed by atoms with Gasteiger partial charge in [0.05, 0.1) is 22.7 Å². The van der Waals surface area contributed by atoms with Crippen molar-refractivity contribution in [1.82, 2.24) is 9.29 Å². The highest BCUT2D eigenvalue weighted by Crippen LogP contribution is 2.32. The molecule has 1 aromatic carbocycles. The quantitative estimate of drug-likeness (QED) is 0.678. The molecule has 1 aliphatic heterocycles. The van der Waals surface area contributed by atoms with Crippen molar-refractivity contribution in [2.45, 2.75) is 31.7 Å². The number of hydrogen-bond donors (Lipinski definition) is 1. The van der Waals surface area contributed by atoms with Gasteiger partial charge >= 0.3 is 0 Å². The van der Waals surface area contributed by atoms with Gasteiger partial charge in [-0.3, -0.25) is 10.1 Å². The summed E-state index contributed by atoms with van der Waals surface area (Å²) in [6.07, 6.45) is 0.532. The van der Waals surface area contributed by atoms with E-state index < -0.39 is 10.0 Å². The predicted molar refractivity (Wildman–Crippen MR) is 112 cm³/mol. The van der Waals surface area contributed by atoms with Crippen molar-refractivity contribution in [3.8, 4) is 0 Å². The fourth-order valence-electron chi connectivity index (χ4n) is 3.22. The van der Waals surface area contributed by atoms with Gasteiger partial charge in [-0.2, -0.15) is 15.6 Å². The van der Waals surface area contributed by atoms with Gasteiger partial charge in [0, 0.05) is 23.2 Å². The summed E-state index contributed by atoms with van der Waals surface area (Å²) >= 11 is 2.79. The third-order valence-corrected chi connectivity index (χ3v) is 8.33. The van der Waals surface area contributed by atoms with E-state index in [0.29, 0.717) is 28.6 Å². The Morgan fingerprint density at radius 3 is 2.79 bits per heavy atom. The molecule has 1 N–H and O–H groups in total. The molecule has 4 rings (SSSR count). The molecule has 0 saturated carbocycles. The minimum atomic E-state index is -3.58. The van der Waals surface area contributed by atoms with Gasteiger partial charge in [-0.15, -0.1) is 11.3 Å². The van der Waals surface area contributed by atoms with Gasteiger partial charge in [0.25, 0.3) is 5.91 Å². The number of nitrogens with zero attached hydrogens (tertiary/aromatic N) is 2. The number of sulfonamides is 1. The number of hydrogen-bond acceptors (Lipinski definition) is 6. The molecule has 3 aromatic rings. The molecule has 0 fully saturated rings. The van der Waals surface area contributed by atoms with Crippen molar-refractivity contribution >= 4 is 43.7 Å². The molecule has 0 radical (unpaired) electrons. The van der Waals surface area contributed by atoms with Gasteiger partial charge in [0.1, 0.15) is 0 Å². The molecule has 0 spiro atoms. The van der Waals surface area contributed by atoms with Gasteiger partial charge in [-0.1, -0.05) is 17.7 Å². The first-order chi connectivity index (χ1) is 13.3. The summed E-state index contributed by atoms with van der Waals surface area (Å²) in [6.45, 7) is 4.42. The second-order valence-corrected chi connectivity index (χ2v) is 10.5. The number of thiazole rings is 1. The first-order valence-corrected chi connectivity index (χ1v) is 11.9. The van der Waals surface area contributed by atoms with Crippen LogP contribution >= 0.6 is 22.7 Å². The van der Waals surface area contributed by atoms with Gasteiger partial charge < -0.3 is 0 Å². The molecule has 0 aliphatic carbocycles. The van der Waals surface area contributed by atoms with Crippen molar-refractivity contribution in [2.24, 2.45) is 0 Å². The zero-order valence-corrected chi connectivity index (χ0v) is 17.9. The van der Waals surface area contributed by atoms with Crippen LogP contribution in [0.2, 0.25) is 0 Å². The highest BCUT2D eigenvalue weighted by molar-refractivity contribution is 7.89. The second kappa shape index (κ2) is 7.40. The molecule has 1 aliphatic rings. The Labute approximate surface area is 171 Å². The number of nitrogens with one attached hydrogen (secondary N) is 1. The van der Waals surface area contributed by atoms with Crippen LogP contribution in [0.25, 0.3) is 0 Å². The zero-order valence-electron chi connectivity index (χ0n) is 15.4. The summed E-state index contributed by atoms with van der Waals surface area (Å²) in [6, 6.07) is 7.13. The molecule has 0 saturated heterocycles. The Balaban J connectivity index is 1.55. The largest absolute Gasteiger partial charge is 0.298 e. The number of rotatable bonds is 4. The lowest BCUT2D eigenvalue weighted by molar-refractivity contribution is 0.102. The Hall–Kier alpha value is -2.07. The number of carbonyl (C=O) groups is 1. The lowest BCUT2D eigenvalue weighted by Gasteiger charge is -2.26. The molecule has 0 atom stereocenters. The maximum atomic E-state index is 13.1. The molecule has 0 unspecified atom stereocenters. The Kier molecular flexibility index (Phi) is 5.09. The fourth-order valence-corrected chi connectivity index (χ4v) is 6.57. The van der Waals surface area contributed by atoms with Crippen LogP contribution in [-0.2, 0) is 23.0 Å². The molecular formula is C19H19N3O3S3. The summed E-state index contributed by atoms with van der Waals surface area (Å²) in [5, 5.41) is 6.94. The molecule has 9 heteroatoms. The van der Waals surface area contributed by atoms with E-state index >= 15 is 0 Å². The van der Waals surface area contributed by atoms with Crippen LogP contribution in [-0.4, -0.2) is 30.2 Å². The van der Waals surface area contributed by atoms with Gasteiger partial charge in [0.15, 0.2) is 5.13 Å². The third kappa shape index (κ3) is 3.62. The number of carbonyl (C=O) groups excluding carboxylic acids is 1. The highest BCUT2D eigenvalue weighted by Gasteiger charge is 2.31. The number of benzene rings is 1. The molecule has 3 heterocycles. The normalized spacial score (nSPS) is 14.6. The summed E-state index contributed by atoms with van der Waals surface area (Å²) < 4.78 is 27.7. The van der Waals surface area contributed by atoms with Crippen molar-refractivity contribution < 1.29 is 13.2 Å². The van der Waals surface area contributed by atoms with E-state index in [2.05, 4.69) is 10.3 Å². The van der Waals surface area contributed by atoms with E-state index in [-0.39, 0.29) is 12.5 Å². The highest BCUT2D eigenvalue weighted by atomic mass is 32.2. The van der Waals surface area contributed by atoms with Crippen LogP contribution < -0.4 is 5.32 Å². The molecule has 0 bridgehead atoms. The van der Waals surface area contributed by atoms with Gasteiger partial charge in [-0.05, 0) is 36.9 Å². The standard InChI is InChI=1S/C19H19N3O3S3/c1-12-3-4-17(13(2)9-12)28(24,25)22-7-5-15-16(10-22)27-19(20-15)21-18(23)14-6-8-26-11-14/h3-4,6,8-9,11H,5,7,10H2,1-2H3,(H,20,21,23). The van der Waals surface area contributed by atoms with E-state index in [0.717, 1.165) is 21.7 Å². The lowest BCUT2D eigenvalue weighted by atomic mass is 10.2. The maximum absolute atomic E-state index is 13.1. The number of fused-ring (bicyclic) bond motifs is 1. The van der Waals surface area contributed by atoms with Crippen LogP contribution in [0.3, 0.4) is 0 Å². The minimum Gasteiger partial charge on any atom is -0.298 e. The number of thiophene rings is 1. The molecule has 28 heavy (non-hydrogen) atoms. The number of aromatic nitrogens is 1. The second-order valence-electron chi connectivity index (χ2n) is 6.71. The van der Waals surface area contributed by atoms with Crippen molar-refractivity contribution in [2.75, 3.05) is 11.9 Å². The fraction of sp³-hybridized carbons (Fsp3) is 0.263. The molecule has 2 aromatic heterocycles. The molecular weight excluding hydrogens is 414 g/mol. The Morgan fingerprint density at radius 2 is 2.07 bits per heavy atom. The van der Waals surface area contributed by atoms with E-state index in [1.807, 2.05) is 31.4 Å². The Morgan fingerprint density at radius 1 is 1.25 bits per heavy atom. The van der Waals surface area contributed by atoms with E-state index in [1.165, 1.54) is 27.0 Å². The maximum Gasteiger partial charge on any atom is 0.258 e. The first-order valence-electron chi connectivity index (χ1n) is 8.74. The average Bonchev–Trinajstić information content (AvgIpc) is 3.30. The average molecular weight is 434 g/mol. The number of amides is 1. The van der Waals surface area contributed by atoms with E-state index in [1.54, 1.807) is 17.5 Å². The van der Waals surface area contributed by atoms with Gasteiger partial charge in [0.2, 0.25) is 10.0 Å². The summed E-state index contributed by atoms with van der Waals surface area (Å²) in [5.41, 5.74) is 3.24. The van der Waals surface area contributed by atoms with Crippen molar-refractivity contribution in [1.29, 1.82) is 0 Å². The van der Waals surface area contributed by atoms with Crippen LogP contribution in [0.5, 0.6) is 0 Å². The smallest absolute Gasteiger partial charge is 0.258 e. The molecule has 6 nitrogen and oxygen atoms in total. The molecule has 1 amide bonds. The first kappa shape index (κ1) is 19.3. The van der Waals surface area contributed by atoms with Crippen LogP contribution in [0.4, 0.5) is 5.13 Å². The number of anilines is 1. The van der Waals surface area contributed by atoms with Crippen LogP contribution in [0, 0.1) is 13.8 Å². The Bertz CT molecular complexity index is 1130. The van der Waals surface area contributed by atoms with E-state index in [9.17, 15) is 13.2 Å². The monoisotopic (exact) mass is 433 g/mol. The van der Waals surface area contributed by atoms with E-state index in [4.69, 9.17) is 0 Å². The summed E-state index contributed by atoms with van der Waals surface area (Å²) in [4.78, 5) is 17.9. The minimum absolute atomic E-state index is 0.202. The SMILES string of the molecule is Cc1ccc(S(=O)(=O)N2CCc3nc(NC(=O)c4ccsc4)sc3C2)c(C)c1. The van der Waals surface area contributed by atoms with Crippen LogP contribution in [0.1, 0.15) is 32.1 Å². The predicted octanol–water partition coefficient (Wildman–Crippen LogP) is 3.82. The van der Waals surface area contributed by atoms with Crippen molar-refractivity contribution in [3.63, 3.8) is 0 Å². The van der Waals surface area contributed by atoms with Crippen LogP contribution in [0.15, 0.2) is 39.9 Å². The van der Waals surface area contributed by atoms with Crippen molar-refractivity contribution in [3.05, 3.63) is 62.3 Å². The summed E-state index contributed by atoms with van der Waals surface area (Å²) in [5.74, 6) is -0.202. The lowest BCUT2D eigenvalue weighted by Crippen LogP contribution is -2.35. The zero-order chi connectivity index (χ0) is 19.9. The third-order valence-electron chi connectivity index (χ3n) is 4.65. The van der Waals surface area contributed by atoms with Gasteiger partial charge in [-0.25, -0.2) is 13.4 Å². The topological polar surface area (TPSA) is 79.4 Å². The molecule has 146 valence electrons.